The second kappa shape index (κ2) is 6.45. The Hall–Kier alpha value is -2.93. The first-order valence-corrected chi connectivity index (χ1v) is 7.53. The van der Waals surface area contributed by atoms with Gasteiger partial charge in [-0.15, -0.1) is 11.3 Å². The summed E-state index contributed by atoms with van der Waals surface area (Å²) >= 11 is 1.31. The Bertz CT molecular complexity index is 929. The maximum atomic E-state index is 12.4. The first kappa shape index (κ1) is 15.0. The van der Waals surface area contributed by atoms with Gasteiger partial charge < -0.3 is 9.15 Å². The number of benzene rings is 1. The van der Waals surface area contributed by atoms with Crippen molar-refractivity contribution in [2.24, 2.45) is 0 Å². The molecule has 3 aromatic rings. The molecule has 1 N–H and O–H groups in total. The number of rotatable bonds is 4. The molecule has 0 bridgehead atoms. The topological polar surface area (TPSA) is 81.4 Å². The number of methoxy groups -OCH3 is 1. The van der Waals surface area contributed by atoms with Crippen molar-refractivity contribution in [2.75, 3.05) is 12.4 Å². The molecule has 0 atom stereocenters. The number of hydrogen-bond donors (Lipinski definition) is 1. The summed E-state index contributed by atoms with van der Waals surface area (Å²) in [4.78, 5) is 28.1. The summed E-state index contributed by atoms with van der Waals surface area (Å²) < 4.78 is 10.5. The maximum Gasteiger partial charge on any atom is 0.250 e. The molecule has 2 heterocycles. The van der Waals surface area contributed by atoms with Gasteiger partial charge in [-0.2, -0.15) is 0 Å². The largest absolute Gasteiger partial charge is 0.497 e. The zero-order chi connectivity index (χ0) is 16.2. The van der Waals surface area contributed by atoms with E-state index in [-0.39, 0.29) is 16.9 Å². The van der Waals surface area contributed by atoms with Crippen molar-refractivity contribution >= 4 is 39.4 Å². The fourth-order valence-corrected chi connectivity index (χ4v) is 2.50. The van der Waals surface area contributed by atoms with Crippen LogP contribution in [0.25, 0.3) is 17.0 Å². The lowest BCUT2D eigenvalue weighted by Gasteiger charge is -2.02. The third-order valence-corrected chi connectivity index (χ3v) is 3.77. The van der Waals surface area contributed by atoms with Crippen LogP contribution >= 0.6 is 11.3 Å². The zero-order valence-electron chi connectivity index (χ0n) is 12.1. The standard InChI is InChI=1S/C16H12N2O4S/c1-21-11-3-4-13-12(8-11)15(20)10(9-22-13)2-5-14(19)18-16-17-6-7-23-16/h2-9H,1H3,(H,17,18,19)/b5-2+. The predicted octanol–water partition coefficient (Wildman–Crippen LogP) is 2.91. The van der Waals surface area contributed by atoms with E-state index in [0.717, 1.165) is 0 Å². The van der Waals surface area contributed by atoms with Crippen molar-refractivity contribution in [1.82, 2.24) is 4.98 Å². The van der Waals surface area contributed by atoms with Crippen LogP contribution in [0, 0.1) is 0 Å². The number of thiazole rings is 1. The van der Waals surface area contributed by atoms with E-state index in [1.807, 2.05) is 0 Å². The Morgan fingerprint density at radius 1 is 1.43 bits per heavy atom. The minimum Gasteiger partial charge on any atom is -0.497 e. The van der Waals surface area contributed by atoms with E-state index >= 15 is 0 Å². The molecule has 6 nitrogen and oxygen atoms in total. The van der Waals surface area contributed by atoms with Gasteiger partial charge in [0.2, 0.25) is 5.91 Å². The minimum atomic E-state index is -0.370. The van der Waals surface area contributed by atoms with E-state index in [2.05, 4.69) is 10.3 Å². The van der Waals surface area contributed by atoms with Gasteiger partial charge in [0.25, 0.3) is 0 Å². The van der Waals surface area contributed by atoms with Gasteiger partial charge >= 0.3 is 0 Å². The molecule has 0 unspecified atom stereocenters. The van der Waals surface area contributed by atoms with E-state index in [9.17, 15) is 9.59 Å². The first-order valence-electron chi connectivity index (χ1n) is 6.65. The molecule has 116 valence electrons. The number of amides is 1. The predicted molar refractivity (Wildman–Crippen MR) is 88.8 cm³/mol. The monoisotopic (exact) mass is 328 g/mol. The number of ether oxygens (including phenoxy) is 1. The molecule has 0 aliphatic rings. The van der Waals surface area contributed by atoms with Crippen molar-refractivity contribution in [3.05, 3.63) is 57.9 Å². The van der Waals surface area contributed by atoms with E-state index in [0.29, 0.717) is 21.9 Å². The molecule has 0 spiro atoms. The Morgan fingerprint density at radius 2 is 2.30 bits per heavy atom. The lowest BCUT2D eigenvalue weighted by molar-refractivity contribution is -0.111. The fraction of sp³-hybridized carbons (Fsp3) is 0.0625. The molecule has 0 saturated carbocycles. The number of hydrogen-bond acceptors (Lipinski definition) is 6. The van der Waals surface area contributed by atoms with E-state index in [1.54, 1.807) is 29.8 Å². The van der Waals surface area contributed by atoms with Crippen LogP contribution in [0.5, 0.6) is 5.75 Å². The van der Waals surface area contributed by atoms with Crippen LogP contribution in [0.4, 0.5) is 5.13 Å². The van der Waals surface area contributed by atoms with E-state index < -0.39 is 0 Å². The van der Waals surface area contributed by atoms with Gasteiger partial charge in [-0.05, 0) is 24.3 Å². The molecule has 1 amide bonds. The van der Waals surface area contributed by atoms with Gasteiger partial charge in [-0.25, -0.2) is 4.98 Å². The summed E-state index contributed by atoms with van der Waals surface area (Å²) in [5, 5.41) is 5.24. The molecule has 3 rings (SSSR count). The van der Waals surface area contributed by atoms with Gasteiger partial charge in [-0.3, -0.25) is 14.9 Å². The number of anilines is 1. The van der Waals surface area contributed by atoms with E-state index in [1.165, 1.54) is 36.9 Å². The van der Waals surface area contributed by atoms with Crippen molar-refractivity contribution in [2.45, 2.75) is 0 Å². The molecule has 0 radical (unpaired) electrons. The van der Waals surface area contributed by atoms with Crippen LogP contribution < -0.4 is 15.5 Å². The van der Waals surface area contributed by atoms with Crippen LogP contribution in [-0.4, -0.2) is 18.0 Å². The average molecular weight is 328 g/mol. The zero-order valence-corrected chi connectivity index (χ0v) is 12.9. The van der Waals surface area contributed by atoms with Crippen LogP contribution in [0.1, 0.15) is 5.56 Å². The molecule has 0 aliphatic carbocycles. The third-order valence-electron chi connectivity index (χ3n) is 3.08. The second-order valence-corrected chi connectivity index (χ2v) is 5.44. The van der Waals surface area contributed by atoms with Gasteiger partial charge in [-0.1, -0.05) is 0 Å². The summed E-state index contributed by atoms with van der Waals surface area (Å²) in [7, 11) is 1.52. The summed E-state index contributed by atoms with van der Waals surface area (Å²) in [5.74, 6) is 0.192. The molecule has 23 heavy (non-hydrogen) atoms. The SMILES string of the molecule is COc1ccc2occ(/C=C/C(=O)Nc3nccs3)c(=O)c2c1. The van der Waals surface area contributed by atoms with Crippen molar-refractivity contribution in [3.63, 3.8) is 0 Å². The van der Waals surface area contributed by atoms with Gasteiger partial charge in [0.15, 0.2) is 10.6 Å². The average Bonchev–Trinajstić information content (AvgIpc) is 3.07. The maximum absolute atomic E-state index is 12.4. The van der Waals surface area contributed by atoms with Gasteiger partial charge in [0.05, 0.1) is 18.1 Å². The molecular formula is C16H12N2O4S. The Balaban J connectivity index is 1.87. The van der Waals surface area contributed by atoms with Crippen LogP contribution in [-0.2, 0) is 4.79 Å². The second-order valence-electron chi connectivity index (χ2n) is 4.54. The number of nitrogens with zero attached hydrogens (tertiary/aromatic N) is 1. The number of carbonyl (C=O) groups excluding carboxylic acids is 1. The van der Waals surface area contributed by atoms with Crippen LogP contribution in [0.2, 0.25) is 0 Å². The molecular weight excluding hydrogens is 316 g/mol. The number of fused-ring (bicyclic) bond motifs is 1. The summed E-state index contributed by atoms with van der Waals surface area (Å²) in [5.41, 5.74) is 0.503. The van der Waals surface area contributed by atoms with E-state index in [4.69, 9.17) is 9.15 Å². The molecule has 7 heteroatoms. The van der Waals surface area contributed by atoms with Crippen molar-refractivity contribution < 1.29 is 13.9 Å². The summed E-state index contributed by atoms with van der Waals surface area (Å²) in [6.07, 6.45) is 5.59. The van der Waals surface area contributed by atoms with Crippen molar-refractivity contribution in [1.29, 1.82) is 0 Å². The summed E-state index contributed by atoms with van der Waals surface area (Å²) in [6.45, 7) is 0. The molecule has 1 aromatic carbocycles. The normalized spacial score (nSPS) is 11.0. The minimum absolute atomic E-state index is 0.233. The molecule has 0 fully saturated rings. The quantitative estimate of drug-likeness (QED) is 0.745. The molecule has 0 saturated heterocycles. The Morgan fingerprint density at radius 3 is 3.04 bits per heavy atom. The van der Waals surface area contributed by atoms with Gasteiger partial charge in [0.1, 0.15) is 17.6 Å². The first-order chi connectivity index (χ1) is 11.2. The summed E-state index contributed by atoms with van der Waals surface area (Å²) in [6, 6.07) is 4.98. The van der Waals surface area contributed by atoms with Crippen LogP contribution in [0.3, 0.4) is 0 Å². The fourth-order valence-electron chi connectivity index (χ4n) is 1.96. The number of carbonyl (C=O) groups is 1. The lowest BCUT2D eigenvalue weighted by atomic mass is 10.1. The van der Waals surface area contributed by atoms with Gasteiger partial charge in [0, 0.05) is 17.7 Å². The van der Waals surface area contributed by atoms with Crippen molar-refractivity contribution in [3.8, 4) is 5.75 Å². The third kappa shape index (κ3) is 3.29. The highest BCUT2D eigenvalue weighted by Crippen LogP contribution is 2.19. The molecule has 0 aliphatic heterocycles. The molecule has 2 aromatic heterocycles. The number of aromatic nitrogens is 1. The Kier molecular flexibility index (Phi) is 4.20. The highest BCUT2D eigenvalue weighted by molar-refractivity contribution is 7.13. The smallest absolute Gasteiger partial charge is 0.250 e. The lowest BCUT2D eigenvalue weighted by Crippen LogP contribution is -2.09. The highest BCUT2D eigenvalue weighted by atomic mass is 32.1. The van der Waals surface area contributed by atoms with Crippen LogP contribution in [0.15, 0.2) is 51.3 Å². The Labute approximate surface area is 135 Å². The highest BCUT2D eigenvalue weighted by Gasteiger charge is 2.07. The number of nitrogens with one attached hydrogen (secondary N) is 1.